The Hall–Kier alpha value is -4.37. The number of fused-ring (bicyclic) bond motifs is 2. The van der Waals surface area contributed by atoms with Crippen molar-refractivity contribution < 1.29 is 9.66 Å². The highest BCUT2D eigenvalue weighted by atomic mass is 79.9. The van der Waals surface area contributed by atoms with E-state index in [9.17, 15) is 14.9 Å². The summed E-state index contributed by atoms with van der Waals surface area (Å²) in [6.45, 7) is 3.96. The van der Waals surface area contributed by atoms with Crippen LogP contribution in [-0.2, 0) is 6.61 Å². The summed E-state index contributed by atoms with van der Waals surface area (Å²) >= 11 is 3.40. The van der Waals surface area contributed by atoms with Crippen molar-refractivity contribution in [2.24, 2.45) is 5.10 Å². The van der Waals surface area contributed by atoms with Crippen LogP contribution in [0.5, 0.6) is 5.75 Å². The molecule has 0 unspecified atom stereocenters. The van der Waals surface area contributed by atoms with Crippen molar-refractivity contribution in [3.05, 3.63) is 121 Å². The zero-order chi connectivity index (χ0) is 26.8. The highest BCUT2D eigenvalue weighted by Gasteiger charge is 2.20. The molecule has 0 saturated heterocycles. The molecule has 0 saturated carbocycles. The fraction of sp³-hybridized carbons (Fsp3) is 0.138. The first-order valence-electron chi connectivity index (χ1n) is 12.0. The third-order valence-electron chi connectivity index (χ3n) is 6.14. The number of aromatic nitrogens is 2. The third-order valence-corrected chi connectivity index (χ3v) is 6.63. The van der Waals surface area contributed by atoms with Gasteiger partial charge in [-0.15, -0.1) is 0 Å². The largest absolute Gasteiger partial charge is 0.481 e. The van der Waals surface area contributed by atoms with Crippen LogP contribution >= 0.6 is 15.9 Å². The lowest BCUT2D eigenvalue weighted by Gasteiger charge is -2.13. The molecule has 38 heavy (non-hydrogen) atoms. The minimum Gasteiger partial charge on any atom is -0.481 e. The number of nitro benzene ring substituents is 1. The first-order chi connectivity index (χ1) is 18.3. The lowest BCUT2D eigenvalue weighted by molar-refractivity contribution is -0.385. The normalized spacial score (nSPS) is 11.6. The van der Waals surface area contributed by atoms with Gasteiger partial charge in [-0.25, -0.2) is 4.98 Å². The van der Waals surface area contributed by atoms with Gasteiger partial charge in [0.05, 0.1) is 22.0 Å². The van der Waals surface area contributed by atoms with E-state index in [1.165, 1.54) is 17.0 Å². The predicted molar refractivity (Wildman–Crippen MR) is 152 cm³/mol. The van der Waals surface area contributed by atoms with Crippen molar-refractivity contribution in [2.75, 3.05) is 0 Å². The zero-order valence-electron chi connectivity index (χ0n) is 20.7. The summed E-state index contributed by atoms with van der Waals surface area (Å²) in [5.74, 6) is 0.453. The maximum atomic E-state index is 13.4. The molecule has 0 aliphatic rings. The molecule has 0 aliphatic heterocycles. The van der Waals surface area contributed by atoms with Gasteiger partial charge in [0.2, 0.25) is 5.75 Å². The highest BCUT2D eigenvalue weighted by Crippen LogP contribution is 2.32. The fourth-order valence-electron chi connectivity index (χ4n) is 4.28. The number of halogens is 1. The minimum atomic E-state index is -0.489. The van der Waals surface area contributed by atoms with Gasteiger partial charge in [0.1, 0.15) is 12.4 Å². The van der Waals surface area contributed by atoms with Crippen LogP contribution in [0.3, 0.4) is 0 Å². The Labute approximate surface area is 226 Å². The summed E-state index contributed by atoms with van der Waals surface area (Å²) < 4.78 is 8.06. The third kappa shape index (κ3) is 4.92. The molecule has 0 amide bonds. The van der Waals surface area contributed by atoms with Gasteiger partial charge in [0, 0.05) is 22.0 Å². The molecule has 5 rings (SSSR count). The molecule has 0 bridgehead atoms. The van der Waals surface area contributed by atoms with Crippen molar-refractivity contribution in [1.82, 2.24) is 9.66 Å². The molecule has 0 radical (unpaired) electrons. The van der Waals surface area contributed by atoms with E-state index in [1.807, 2.05) is 62.4 Å². The van der Waals surface area contributed by atoms with E-state index in [-0.39, 0.29) is 29.5 Å². The lowest BCUT2D eigenvalue weighted by atomic mass is 10.1. The van der Waals surface area contributed by atoms with Gasteiger partial charge in [-0.05, 0) is 40.6 Å². The molecule has 8 nitrogen and oxygen atoms in total. The molecule has 190 valence electrons. The fourth-order valence-corrected chi connectivity index (χ4v) is 4.65. The molecule has 1 aromatic heterocycles. The number of ether oxygens (including phenoxy) is 1. The first kappa shape index (κ1) is 25.3. The van der Waals surface area contributed by atoms with E-state index in [2.05, 4.69) is 26.0 Å². The Morgan fingerprint density at radius 1 is 1.05 bits per heavy atom. The molecule has 1 heterocycles. The van der Waals surface area contributed by atoms with Crippen LogP contribution in [0.15, 0.2) is 93.2 Å². The van der Waals surface area contributed by atoms with Gasteiger partial charge in [-0.2, -0.15) is 9.78 Å². The molecule has 9 heteroatoms. The molecular formula is C29H23BrN4O4. The van der Waals surface area contributed by atoms with E-state index in [0.717, 1.165) is 20.8 Å². The van der Waals surface area contributed by atoms with Crippen LogP contribution < -0.4 is 10.3 Å². The summed E-state index contributed by atoms with van der Waals surface area (Å²) in [6.07, 6.45) is 1.41. The second-order valence-corrected chi connectivity index (χ2v) is 9.94. The smallest absolute Gasteiger partial charge is 0.311 e. The van der Waals surface area contributed by atoms with Gasteiger partial charge in [-0.3, -0.25) is 14.9 Å². The molecule has 0 aliphatic carbocycles. The zero-order valence-corrected chi connectivity index (χ0v) is 22.3. The second-order valence-electron chi connectivity index (χ2n) is 9.03. The second kappa shape index (κ2) is 10.5. The van der Waals surface area contributed by atoms with Crippen molar-refractivity contribution in [2.45, 2.75) is 26.4 Å². The number of rotatable bonds is 7. The number of nitrogens with zero attached hydrogens (tertiary/aromatic N) is 4. The van der Waals surface area contributed by atoms with Gasteiger partial charge >= 0.3 is 5.69 Å². The summed E-state index contributed by atoms with van der Waals surface area (Å²) in [6, 6.07) is 23.7. The monoisotopic (exact) mass is 570 g/mol. The van der Waals surface area contributed by atoms with Crippen molar-refractivity contribution >= 4 is 49.5 Å². The highest BCUT2D eigenvalue weighted by molar-refractivity contribution is 9.10. The molecule has 0 atom stereocenters. The Kier molecular flexibility index (Phi) is 7.02. The topological polar surface area (TPSA) is 99.6 Å². The maximum absolute atomic E-state index is 13.4. The number of benzene rings is 4. The standard InChI is InChI=1S/C29H23BrN4O4/c1-18(2)28-32-25-14-13-22(30)15-24(25)29(35)33(28)31-16-20-9-6-12-26(34(36)37)27(20)38-17-21-10-5-8-19-7-3-4-11-23(19)21/h3-16,18H,17H2,1-2H3. The van der Waals surface area contributed by atoms with Crippen LogP contribution in [0, 0.1) is 10.1 Å². The first-order valence-corrected chi connectivity index (χ1v) is 12.8. The Morgan fingerprint density at radius 3 is 2.61 bits per heavy atom. The van der Waals surface area contributed by atoms with E-state index in [4.69, 9.17) is 4.74 Å². The van der Waals surface area contributed by atoms with Crippen LogP contribution in [-0.4, -0.2) is 20.8 Å². The van der Waals surface area contributed by atoms with Gasteiger partial charge in [-0.1, -0.05) is 78.3 Å². The number of hydrogen-bond donors (Lipinski definition) is 0. The molecule has 4 aromatic carbocycles. The molecule has 0 spiro atoms. The average molecular weight is 571 g/mol. The lowest BCUT2D eigenvalue weighted by Crippen LogP contribution is -2.23. The Bertz CT molecular complexity index is 1770. The van der Waals surface area contributed by atoms with Gasteiger partial charge in [0.15, 0.2) is 0 Å². The van der Waals surface area contributed by atoms with E-state index < -0.39 is 4.92 Å². The molecule has 0 N–H and O–H groups in total. The number of para-hydroxylation sites is 1. The SMILES string of the molecule is CC(C)c1nc2ccc(Br)cc2c(=O)n1N=Cc1cccc([N+](=O)[O-])c1OCc1cccc2ccccc12. The Morgan fingerprint density at radius 2 is 1.82 bits per heavy atom. The number of hydrogen-bond acceptors (Lipinski definition) is 6. The molecule has 5 aromatic rings. The van der Waals surface area contributed by atoms with Crippen LogP contribution in [0.1, 0.15) is 36.7 Å². The van der Waals surface area contributed by atoms with Crippen LogP contribution in [0.25, 0.3) is 21.7 Å². The van der Waals surface area contributed by atoms with E-state index in [0.29, 0.717) is 22.3 Å². The molecule has 0 fully saturated rings. The van der Waals surface area contributed by atoms with Crippen LogP contribution in [0.4, 0.5) is 5.69 Å². The quantitative estimate of drug-likeness (QED) is 0.122. The molecular weight excluding hydrogens is 548 g/mol. The van der Waals surface area contributed by atoms with Crippen molar-refractivity contribution in [3.63, 3.8) is 0 Å². The van der Waals surface area contributed by atoms with Gasteiger partial charge < -0.3 is 4.74 Å². The summed E-state index contributed by atoms with van der Waals surface area (Å²) in [5.41, 5.74) is 1.32. The Balaban J connectivity index is 1.58. The van der Waals surface area contributed by atoms with Crippen molar-refractivity contribution in [3.8, 4) is 5.75 Å². The van der Waals surface area contributed by atoms with E-state index >= 15 is 0 Å². The van der Waals surface area contributed by atoms with E-state index in [1.54, 1.807) is 24.3 Å². The summed E-state index contributed by atoms with van der Waals surface area (Å²) in [5, 5.41) is 18.8. The maximum Gasteiger partial charge on any atom is 0.311 e. The minimum absolute atomic E-state index is 0.0739. The van der Waals surface area contributed by atoms with Crippen molar-refractivity contribution in [1.29, 1.82) is 0 Å². The summed E-state index contributed by atoms with van der Waals surface area (Å²) in [7, 11) is 0. The predicted octanol–water partition coefficient (Wildman–Crippen LogP) is 6.81. The van der Waals surface area contributed by atoms with Gasteiger partial charge in [0.25, 0.3) is 5.56 Å². The average Bonchev–Trinajstić information content (AvgIpc) is 2.91. The van der Waals surface area contributed by atoms with Crippen LogP contribution in [0.2, 0.25) is 0 Å². The number of nitro groups is 1. The summed E-state index contributed by atoms with van der Waals surface area (Å²) in [4.78, 5) is 29.4.